The lowest BCUT2D eigenvalue weighted by Crippen LogP contribution is -2.28. The minimum Gasteiger partial charge on any atom is -0.378 e. The molecule has 23 heavy (non-hydrogen) atoms. The van der Waals surface area contributed by atoms with Gasteiger partial charge < -0.3 is 10.2 Å². The predicted octanol–water partition coefficient (Wildman–Crippen LogP) is 2.94. The summed E-state index contributed by atoms with van der Waals surface area (Å²) >= 11 is 0.366. The first kappa shape index (κ1) is 17.0. The first-order chi connectivity index (χ1) is 10.8. The Morgan fingerprint density at radius 1 is 1.35 bits per heavy atom. The zero-order valence-corrected chi connectivity index (χ0v) is 13.1. The van der Waals surface area contributed by atoms with Crippen LogP contribution in [0.1, 0.15) is 10.6 Å². The van der Waals surface area contributed by atoms with Crippen molar-refractivity contribution >= 4 is 28.2 Å². The number of carbonyl (C=O) groups is 1. The second-order valence-electron chi connectivity index (χ2n) is 4.73. The van der Waals surface area contributed by atoms with Gasteiger partial charge in [-0.25, -0.2) is 9.78 Å². The van der Waals surface area contributed by atoms with Crippen molar-refractivity contribution in [2.24, 2.45) is 0 Å². The number of pyridine rings is 1. The molecule has 0 saturated carbocycles. The molecule has 2 rings (SSSR count). The Morgan fingerprint density at radius 2 is 2.09 bits per heavy atom. The quantitative estimate of drug-likeness (QED) is 0.894. The first-order valence-electron chi connectivity index (χ1n) is 6.46. The number of nitrogens with zero attached hydrogens (tertiary/aromatic N) is 3. The Bertz CT molecular complexity index is 686. The van der Waals surface area contributed by atoms with Crippen LogP contribution < -0.4 is 15.5 Å². The maximum Gasteiger partial charge on any atom is 0.427 e. The summed E-state index contributed by atoms with van der Waals surface area (Å²) in [7, 11) is 3.75. The van der Waals surface area contributed by atoms with Crippen molar-refractivity contribution in [2.45, 2.75) is 12.7 Å². The molecule has 2 N–H and O–H groups in total. The van der Waals surface area contributed by atoms with Gasteiger partial charge in [-0.05, 0) is 12.1 Å². The van der Waals surface area contributed by atoms with Gasteiger partial charge in [0.05, 0.1) is 18.4 Å². The van der Waals surface area contributed by atoms with Crippen LogP contribution in [0.3, 0.4) is 0 Å². The number of anilines is 2. The fourth-order valence-electron chi connectivity index (χ4n) is 1.62. The summed E-state index contributed by atoms with van der Waals surface area (Å²) in [5.74, 6) is 0. The van der Waals surface area contributed by atoms with E-state index in [9.17, 15) is 18.0 Å². The van der Waals surface area contributed by atoms with Crippen LogP contribution in [0, 0.1) is 0 Å². The lowest BCUT2D eigenvalue weighted by Gasteiger charge is -2.13. The van der Waals surface area contributed by atoms with Crippen molar-refractivity contribution in [1.29, 1.82) is 0 Å². The molecule has 10 heteroatoms. The number of halogens is 3. The van der Waals surface area contributed by atoms with Crippen molar-refractivity contribution in [1.82, 2.24) is 15.3 Å². The minimum atomic E-state index is -4.47. The molecule has 124 valence electrons. The number of hydrogen-bond acceptors (Lipinski definition) is 5. The van der Waals surface area contributed by atoms with Gasteiger partial charge in [0.25, 0.3) is 0 Å². The number of thiazole rings is 1. The SMILES string of the molecule is CN(C)c1ccnc(CNC(=O)Nc2ncc(C(F)(F)F)s2)c1. The molecule has 0 aliphatic carbocycles. The van der Waals surface area contributed by atoms with E-state index in [1.165, 1.54) is 0 Å². The summed E-state index contributed by atoms with van der Waals surface area (Å²) < 4.78 is 37.3. The van der Waals surface area contributed by atoms with Gasteiger partial charge in [0.2, 0.25) is 0 Å². The predicted molar refractivity (Wildman–Crippen MR) is 81.5 cm³/mol. The lowest BCUT2D eigenvalue weighted by atomic mass is 10.3. The topological polar surface area (TPSA) is 70.2 Å². The van der Waals surface area contributed by atoms with E-state index in [-0.39, 0.29) is 11.7 Å². The van der Waals surface area contributed by atoms with Crippen molar-refractivity contribution in [3.05, 3.63) is 35.1 Å². The second kappa shape index (κ2) is 6.82. The highest BCUT2D eigenvalue weighted by Gasteiger charge is 2.33. The van der Waals surface area contributed by atoms with Crippen LogP contribution in [0.5, 0.6) is 0 Å². The van der Waals surface area contributed by atoms with E-state index in [0.717, 1.165) is 5.69 Å². The van der Waals surface area contributed by atoms with Gasteiger partial charge in [0, 0.05) is 26.0 Å². The molecule has 2 aromatic rings. The Kier molecular flexibility index (Phi) is 5.04. The molecule has 2 amide bonds. The van der Waals surface area contributed by atoms with Gasteiger partial charge >= 0.3 is 12.2 Å². The number of urea groups is 1. The van der Waals surface area contributed by atoms with Crippen LogP contribution in [-0.2, 0) is 12.7 Å². The highest BCUT2D eigenvalue weighted by molar-refractivity contribution is 7.15. The zero-order chi connectivity index (χ0) is 17.0. The molecule has 2 aromatic heterocycles. The average molecular weight is 345 g/mol. The van der Waals surface area contributed by atoms with E-state index in [0.29, 0.717) is 23.2 Å². The molecule has 0 spiro atoms. The summed E-state index contributed by atoms with van der Waals surface area (Å²) in [6.07, 6.45) is -2.17. The second-order valence-corrected chi connectivity index (χ2v) is 5.77. The average Bonchev–Trinajstić information content (AvgIpc) is 2.94. The molecule has 0 aliphatic rings. The van der Waals surface area contributed by atoms with Crippen LogP contribution in [0.15, 0.2) is 24.5 Å². The fraction of sp³-hybridized carbons (Fsp3) is 0.308. The van der Waals surface area contributed by atoms with E-state index in [4.69, 9.17) is 0 Å². The molecular formula is C13H14F3N5OS. The molecule has 0 bridgehead atoms. The Hall–Kier alpha value is -2.36. The molecule has 0 atom stereocenters. The molecule has 6 nitrogen and oxygen atoms in total. The van der Waals surface area contributed by atoms with Crippen molar-refractivity contribution in [3.8, 4) is 0 Å². The third kappa shape index (κ3) is 4.81. The highest BCUT2D eigenvalue weighted by atomic mass is 32.1. The van der Waals surface area contributed by atoms with Gasteiger partial charge in [0.1, 0.15) is 4.88 Å². The van der Waals surface area contributed by atoms with Crippen LogP contribution in [0.4, 0.5) is 28.8 Å². The Balaban J connectivity index is 1.90. The lowest BCUT2D eigenvalue weighted by molar-refractivity contribution is -0.134. The van der Waals surface area contributed by atoms with Crippen molar-refractivity contribution in [2.75, 3.05) is 24.3 Å². The standard InChI is InChI=1S/C13H14F3N5OS/c1-21(2)9-3-4-17-8(5-9)6-18-11(22)20-12-19-7-10(23-12)13(14,15)16/h3-5,7H,6H2,1-2H3,(H2,18,19,20,22). The third-order valence-corrected chi connectivity index (χ3v) is 3.71. The van der Waals surface area contributed by atoms with E-state index in [1.807, 2.05) is 25.1 Å². The van der Waals surface area contributed by atoms with E-state index < -0.39 is 17.1 Å². The molecule has 0 aromatic carbocycles. The number of aromatic nitrogens is 2. The molecule has 0 fully saturated rings. The minimum absolute atomic E-state index is 0.121. The van der Waals surface area contributed by atoms with Crippen LogP contribution >= 0.6 is 11.3 Å². The van der Waals surface area contributed by atoms with Crippen molar-refractivity contribution in [3.63, 3.8) is 0 Å². The van der Waals surface area contributed by atoms with Gasteiger partial charge in [-0.3, -0.25) is 10.3 Å². The fourth-order valence-corrected chi connectivity index (χ4v) is 2.29. The molecular weight excluding hydrogens is 331 g/mol. The number of nitrogens with one attached hydrogen (secondary N) is 2. The summed E-state index contributed by atoms with van der Waals surface area (Å²) in [5.41, 5.74) is 1.55. The first-order valence-corrected chi connectivity index (χ1v) is 7.27. The maximum absolute atomic E-state index is 12.4. The number of amides is 2. The monoisotopic (exact) mass is 345 g/mol. The number of carbonyl (C=O) groups excluding carboxylic acids is 1. The van der Waals surface area contributed by atoms with Gasteiger partial charge in [0.15, 0.2) is 5.13 Å². The molecule has 2 heterocycles. The molecule has 0 saturated heterocycles. The van der Waals surface area contributed by atoms with Gasteiger partial charge in [-0.2, -0.15) is 13.2 Å². The van der Waals surface area contributed by atoms with E-state index in [2.05, 4.69) is 20.6 Å². The summed E-state index contributed by atoms with van der Waals surface area (Å²) in [6.45, 7) is 0.144. The van der Waals surface area contributed by atoms with Gasteiger partial charge in [-0.1, -0.05) is 11.3 Å². The Morgan fingerprint density at radius 3 is 2.70 bits per heavy atom. The third-order valence-electron chi connectivity index (χ3n) is 2.75. The Labute approximate surface area is 134 Å². The van der Waals surface area contributed by atoms with Crippen molar-refractivity contribution < 1.29 is 18.0 Å². The number of hydrogen-bond donors (Lipinski definition) is 2. The number of rotatable bonds is 4. The van der Waals surface area contributed by atoms with Crippen LogP contribution in [-0.4, -0.2) is 30.1 Å². The molecule has 0 radical (unpaired) electrons. The maximum atomic E-state index is 12.4. The van der Waals surface area contributed by atoms with Gasteiger partial charge in [-0.15, -0.1) is 0 Å². The molecule has 0 unspecified atom stereocenters. The van der Waals surface area contributed by atoms with Crippen LogP contribution in [0.2, 0.25) is 0 Å². The summed E-state index contributed by atoms with van der Waals surface area (Å²) in [4.78, 5) is 20.3. The largest absolute Gasteiger partial charge is 0.427 e. The molecule has 0 aliphatic heterocycles. The summed E-state index contributed by atoms with van der Waals surface area (Å²) in [6, 6.07) is 2.97. The smallest absolute Gasteiger partial charge is 0.378 e. The number of alkyl halides is 3. The normalized spacial score (nSPS) is 11.2. The van der Waals surface area contributed by atoms with Crippen LogP contribution in [0.25, 0.3) is 0 Å². The van der Waals surface area contributed by atoms with E-state index >= 15 is 0 Å². The van der Waals surface area contributed by atoms with E-state index in [1.54, 1.807) is 12.3 Å². The summed E-state index contributed by atoms with van der Waals surface area (Å²) in [5, 5.41) is 4.66. The zero-order valence-electron chi connectivity index (χ0n) is 12.3. The highest BCUT2D eigenvalue weighted by Crippen LogP contribution is 2.34.